The molecule has 3 aromatic rings. The molecule has 4 rings (SSSR count). The lowest BCUT2D eigenvalue weighted by molar-refractivity contribution is 0.0865. The highest BCUT2D eigenvalue weighted by Gasteiger charge is 2.14. The molecule has 1 aliphatic heterocycles. The van der Waals surface area contributed by atoms with Gasteiger partial charge in [0.05, 0.1) is 19.8 Å². The van der Waals surface area contributed by atoms with Gasteiger partial charge in [0.15, 0.2) is 5.82 Å². The lowest BCUT2D eigenvalue weighted by Crippen LogP contribution is -2.28. The number of aromatic nitrogens is 2. The van der Waals surface area contributed by atoms with Crippen molar-refractivity contribution in [2.45, 2.75) is 19.9 Å². The Morgan fingerprint density at radius 1 is 1.16 bits per heavy atom. The summed E-state index contributed by atoms with van der Waals surface area (Å²) in [5, 5.41) is 9.42. The van der Waals surface area contributed by atoms with Crippen molar-refractivity contribution in [2.24, 2.45) is 0 Å². The Bertz CT molecular complexity index is 1110. The molecule has 1 aromatic heterocycles. The molecule has 0 radical (unpaired) electrons. The van der Waals surface area contributed by atoms with Gasteiger partial charge in [-0.1, -0.05) is 17.3 Å². The molecule has 0 fully saturated rings. The van der Waals surface area contributed by atoms with E-state index in [0.29, 0.717) is 61.4 Å². The molecule has 9 nitrogen and oxygen atoms in total. The first-order valence-electron chi connectivity index (χ1n) is 10.4. The summed E-state index contributed by atoms with van der Waals surface area (Å²) < 4.78 is 16.3. The normalized spacial score (nSPS) is 14.5. The molecule has 0 aliphatic carbocycles. The van der Waals surface area contributed by atoms with Crippen LogP contribution in [-0.2, 0) is 17.7 Å². The maximum absolute atomic E-state index is 12.7. The van der Waals surface area contributed by atoms with E-state index in [0.717, 1.165) is 11.1 Å². The first-order valence-corrected chi connectivity index (χ1v) is 10.4. The van der Waals surface area contributed by atoms with Gasteiger partial charge in [-0.05, 0) is 41.5 Å². The van der Waals surface area contributed by atoms with Gasteiger partial charge in [0.2, 0.25) is 5.89 Å². The minimum absolute atomic E-state index is 0.145. The predicted octanol–water partition coefficient (Wildman–Crippen LogP) is 2.04. The van der Waals surface area contributed by atoms with Crippen LogP contribution in [0.1, 0.15) is 43.6 Å². The van der Waals surface area contributed by atoms with Gasteiger partial charge < -0.3 is 24.6 Å². The Balaban J connectivity index is 1.57. The summed E-state index contributed by atoms with van der Waals surface area (Å²) in [6.07, 6.45) is 0.502. The van der Waals surface area contributed by atoms with Crippen LogP contribution in [0.25, 0.3) is 0 Å². The molecule has 2 amide bonds. The maximum atomic E-state index is 12.7. The molecule has 2 heterocycles. The van der Waals surface area contributed by atoms with Crippen molar-refractivity contribution in [1.82, 2.24) is 20.8 Å². The average molecular weight is 436 g/mol. The Labute approximate surface area is 185 Å². The van der Waals surface area contributed by atoms with Crippen LogP contribution in [0, 0.1) is 6.92 Å². The number of amides is 2. The molecule has 9 heteroatoms. The van der Waals surface area contributed by atoms with Gasteiger partial charge in [0, 0.05) is 31.0 Å². The van der Waals surface area contributed by atoms with Crippen molar-refractivity contribution < 1.29 is 23.6 Å². The molecule has 0 saturated heterocycles. The second kappa shape index (κ2) is 10.1. The van der Waals surface area contributed by atoms with Crippen LogP contribution in [0.15, 0.2) is 47.0 Å². The minimum atomic E-state index is -0.258. The number of ether oxygens (including phenoxy) is 2. The molecule has 2 bridgehead atoms. The fourth-order valence-electron chi connectivity index (χ4n) is 3.37. The second-order valence-electron chi connectivity index (χ2n) is 7.33. The summed E-state index contributed by atoms with van der Waals surface area (Å²) in [5.41, 5.74) is 2.84. The highest BCUT2D eigenvalue weighted by atomic mass is 16.5. The number of carbonyl (C=O) groups is 2. The molecule has 0 unspecified atom stereocenters. The Morgan fingerprint density at radius 2 is 2.06 bits per heavy atom. The highest BCUT2D eigenvalue weighted by molar-refractivity contribution is 5.95. The van der Waals surface area contributed by atoms with Crippen LogP contribution in [0.4, 0.5) is 0 Å². The molecular weight excluding hydrogens is 412 g/mol. The molecular formula is C23H24N4O5. The SMILES string of the molecule is Cc1nc(CNC(=O)c2ccc3c(c2)Cc2cccc(c2)C(=O)NCCOCCO3)no1. The smallest absolute Gasteiger partial charge is 0.251 e. The first kappa shape index (κ1) is 21.5. The van der Waals surface area contributed by atoms with Crippen molar-refractivity contribution in [3.05, 3.63) is 76.4 Å². The summed E-state index contributed by atoms with van der Waals surface area (Å²) in [7, 11) is 0. The van der Waals surface area contributed by atoms with E-state index in [4.69, 9.17) is 14.0 Å². The third-order valence-electron chi connectivity index (χ3n) is 4.90. The number of carbonyl (C=O) groups excluding carboxylic acids is 2. The van der Waals surface area contributed by atoms with E-state index in [1.807, 2.05) is 18.2 Å². The van der Waals surface area contributed by atoms with Crippen LogP contribution in [0.2, 0.25) is 0 Å². The summed E-state index contributed by atoms with van der Waals surface area (Å²) >= 11 is 0. The van der Waals surface area contributed by atoms with Crippen molar-refractivity contribution >= 4 is 11.8 Å². The Kier molecular flexibility index (Phi) is 6.76. The molecule has 0 atom stereocenters. The van der Waals surface area contributed by atoms with Crippen molar-refractivity contribution in [3.63, 3.8) is 0 Å². The molecule has 32 heavy (non-hydrogen) atoms. The molecule has 0 spiro atoms. The molecule has 166 valence electrons. The summed E-state index contributed by atoms with van der Waals surface area (Å²) in [6, 6.07) is 12.7. The third kappa shape index (κ3) is 5.50. The Morgan fingerprint density at radius 3 is 2.91 bits per heavy atom. The third-order valence-corrected chi connectivity index (χ3v) is 4.90. The van der Waals surface area contributed by atoms with Gasteiger partial charge >= 0.3 is 0 Å². The largest absolute Gasteiger partial charge is 0.491 e. The van der Waals surface area contributed by atoms with Crippen LogP contribution >= 0.6 is 0 Å². The number of nitrogens with one attached hydrogen (secondary N) is 2. The van der Waals surface area contributed by atoms with Gasteiger partial charge in [-0.3, -0.25) is 9.59 Å². The molecule has 2 aromatic carbocycles. The fraction of sp³-hybridized carbons (Fsp3) is 0.304. The molecule has 2 N–H and O–H groups in total. The number of hydrogen-bond acceptors (Lipinski definition) is 7. The number of aryl methyl sites for hydroxylation is 1. The van der Waals surface area contributed by atoms with E-state index < -0.39 is 0 Å². The molecule has 0 saturated carbocycles. The van der Waals surface area contributed by atoms with Gasteiger partial charge in [-0.2, -0.15) is 4.98 Å². The summed E-state index contributed by atoms with van der Waals surface area (Å²) in [6.45, 7) is 3.45. The zero-order valence-electron chi connectivity index (χ0n) is 17.7. The van der Waals surface area contributed by atoms with E-state index in [9.17, 15) is 9.59 Å². The minimum Gasteiger partial charge on any atom is -0.491 e. The lowest BCUT2D eigenvalue weighted by atomic mass is 9.99. The Hall–Kier alpha value is -3.72. The van der Waals surface area contributed by atoms with Crippen molar-refractivity contribution in [2.75, 3.05) is 26.4 Å². The van der Waals surface area contributed by atoms with E-state index in [1.165, 1.54) is 0 Å². The first-order chi connectivity index (χ1) is 15.6. The van der Waals surface area contributed by atoms with Crippen LogP contribution in [-0.4, -0.2) is 48.3 Å². The van der Waals surface area contributed by atoms with Crippen LogP contribution in [0.3, 0.4) is 0 Å². The quantitative estimate of drug-likeness (QED) is 0.645. The zero-order chi connectivity index (χ0) is 22.3. The standard InChI is InChI=1S/C23H24N4O5/c1-15-26-21(27-32-15)14-25-23(29)18-5-6-20-19(13-18)12-16-3-2-4-17(11-16)22(28)24-7-8-30-9-10-31-20/h2-6,11,13H,7-10,12,14H2,1H3,(H,24,28)(H,25,29). The lowest BCUT2D eigenvalue weighted by Gasteiger charge is -2.15. The van der Waals surface area contributed by atoms with Crippen molar-refractivity contribution in [1.29, 1.82) is 0 Å². The second-order valence-corrected chi connectivity index (χ2v) is 7.33. The predicted molar refractivity (Wildman–Crippen MR) is 115 cm³/mol. The van der Waals surface area contributed by atoms with Crippen molar-refractivity contribution in [3.8, 4) is 5.75 Å². The van der Waals surface area contributed by atoms with E-state index in [1.54, 1.807) is 31.2 Å². The maximum Gasteiger partial charge on any atom is 0.251 e. The monoisotopic (exact) mass is 436 g/mol. The van der Waals surface area contributed by atoms with Gasteiger partial charge in [0.25, 0.3) is 11.8 Å². The molecule has 1 aliphatic rings. The van der Waals surface area contributed by atoms with Gasteiger partial charge in [0.1, 0.15) is 12.4 Å². The number of hydrogen-bond donors (Lipinski definition) is 2. The number of benzene rings is 2. The number of fused-ring (bicyclic) bond motifs is 3. The van der Waals surface area contributed by atoms with Crippen LogP contribution in [0.5, 0.6) is 5.75 Å². The van der Waals surface area contributed by atoms with E-state index in [2.05, 4.69) is 20.8 Å². The zero-order valence-corrected chi connectivity index (χ0v) is 17.7. The number of nitrogens with zero attached hydrogens (tertiary/aromatic N) is 2. The van der Waals surface area contributed by atoms with Crippen LogP contribution < -0.4 is 15.4 Å². The van der Waals surface area contributed by atoms with Gasteiger partial charge in [-0.25, -0.2) is 0 Å². The van der Waals surface area contributed by atoms with Gasteiger partial charge in [-0.15, -0.1) is 0 Å². The summed E-state index contributed by atoms with van der Waals surface area (Å²) in [4.78, 5) is 29.1. The van der Waals surface area contributed by atoms with E-state index in [-0.39, 0.29) is 18.4 Å². The highest BCUT2D eigenvalue weighted by Crippen LogP contribution is 2.24. The summed E-state index contributed by atoms with van der Waals surface area (Å²) in [5.74, 6) is 1.12. The topological polar surface area (TPSA) is 116 Å². The number of rotatable bonds is 3. The van der Waals surface area contributed by atoms with E-state index >= 15 is 0 Å². The fourth-order valence-corrected chi connectivity index (χ4v) is 3.37. The average Bonchev–Trinajstić information content (AvgIpc) is 3.22.